The second kappa shape index (κ2) is 12.0. The van der Waals surface area contributed by atoms with Gasteiger partial charge in [-0.3, -0.25) is 4.40 Å². The highest BCUT2D eigenvalue weighted by Gasteiger charge is 2.33. The molecule has 0 aromatic carbocycles. The van der Waals surface area contributed by atoms with Crippen LogP contribution in [0.2, 0.25) is 0 Å². The van der Waals surface area contributed by atoms with Crippen LogP contribution in [0.25, 0.3) is 5.65 Å². The molecular formula is C25H29F4N6OPS. The molecule has 204 valence electrons. The second-order valence-electron chi connectivity index (χ2n) is 9.02. The number of fused-ring (bicyclic) bond motifs is 1. The number of imidazole rings is 1. The number of methoxy groups -OCH3 is 1. The van der Waals surface area contributed by atoms with Crippen LogP contribution in [0, 0.1) is 11.8 Å². The fourth-order valence-corrected chi connectivity index (χ4v) is 5.43. The molecule has 1 saturated heterocycles. The molecule has 38 heavy (non-hydrogen) atoms. The van der Waals surface area contributed by atoms with Crippen molar-refractivity contribution in [1.82, 2.24) is 19.3 Å². The Bertz CT molecular complexity index is 1340. The standard InChI is InChI=1S/C25H29F4N6OPS/c1-34-14-11-17(16(26)15-34)31-18-8-6-13-35-22(18)32-20(24(35)38-25(27,28)29)7-5-12-30-19-9-10-21(37(3)4)33-23(19)36-2/h6,8-10,13,16-17,30-31H,11-12,14-15H2,1-4H3. The summed E-state index contributed by atoms with van der Waals surface area (Å²) >= 11 is -0.275. The van der Waals surface area contributed by atoms with Gasteiger partial charge in [-0.2, -0.15) is 13.2 Å². The highest BCUT2D eigenvalue weighted by Crippen LogP contribution is 2.39. The van der Waals surface area contributed by atoms with Gasteiger partial charge in [0.05, 0.1) is 36.5 Å². The summed E-state index contributed by atoms with van der Waals surface area (Å²) in [7, 11) is 2.98. The molecule has 1 aliphatic heterocycles. The number of nitrogens with zero attached hydrogens (tertiary/aromatic N) is 4. The van der Waals surface area contributed by atoms with E-state index in [2.05, 4.69) is 45.8 Å². The number of halogens is 4. The van der Waals surface area contributed by atoms with Gasteiger partial charge < -0.3 is 20.3 Å². The first-order chi connectivity index (χ1) is 18.1. The van der Waals surface area contributed by atoms with Crippen LogP contribution in [-0.4, -0.2) is 84.1 Å². The Labute approximate surface area is 224 Å². The van der Waals surface area contributed by atoms with E-state index in [9.17, 15) is 17.6 Å². The molecule has 0 saturated carbocycles. The van der Waals surface area contributed by atoms with Gasteiger partial charge in [0.15, 0.2) is 5.65 Å². The number of hydrogen-bond acceptors (Lipinski definition) is 7. The third kappa shape index (κ3) is 6.82. The topological polar surface area (TPSA) is 66.7 Å². The predicted octanol–water partition coefficient (Wildman–Crippen LogP) is 4.63. The Morgan fingerprint density at radius 2 is 2.00 bits per heavy atom. The Morgan fingerprint density at radius 1 is 1.21 bits per heavy atom. The first-order valence-electron chi connectivity index (χ1n) is 11.9. The van der Waals surface area contributed by atoms with Crippen LogP contribution in [-0.2, 0) is 0 Å². The Hall–Kier alpha value is -2.74. The smallest absolute Gasteiger partial charge is 0.447 e. The Kier molecular flexibility index (Phi) is 8.91. The van der Waals surface area contributed by atoms with Gasteiger partial charge in [0, 0.05) is 31.0 Å². The van der Waals surface area contributed by atoms with Gasteiger partial charge in [0.1, 0.15) is 16.9 Å². The molecular weight excluding hydrogens is 539 g/mol. The lowest BCUT2D eigenvalue weighted by Crippen LogP contribution is -2.46. The first kappa shape index (κ1) is 28.3. The van der Waals surface area contributed by atoms with E-state index in [0.717, 1.165) is 12.0 Å². The number of pyridine rings is 2. The minimum absolute atomic E-state index is 0.00778. The summed E-state index contributed by atoms with van der Waals surface area (Å²) < 4.78 is 61.7. The number of alkyl halides is 4. The number of anilines is 2. The minimum Gasteiger partial charge on any atom is -0.480 e. The van der Waals surface area contributed by atoms with E-state index in [-0.39, 0.29) is 41.2 Å². The lowest BCUT2D eigenvalue weighted by Gasteiger charge is -2.33. The lowest BCUT2D eigenvalue weighted by molar-refractivity contribution is -0.0329. The molecule has 7 nitrogen and oxygen atoms in total. The molecule has 4 heterocycles. The molecule has 1 aliphatic rings. The number of likely N-dealkylation sites (tertiary alicyclic amines) is 1. The largest absolute Gasteiger partial charge is 0.480 e. The molecule has 1 fully saturated rings. The van der Waals surface area contributed by atoms with Gasteiger partial charge in [-0.15, -0.1) is 0 Å². The third-order valence-electron chi connectivity index (χ3n) is 5.98. The van der Waals surface area contributed by atoms with Crippen LogP contribution in [0.15, 0.2) is 35.5 Å². The number of ether oxygens (including phenoxy) is 1. The average Bonchev–Trinajstić information content (AvgIpc) is 3.20. The van der Waals surface area contributed by atoms with E-state index >= 15 is 0 Å². The highest BCUT2D eigenvalue weighted by atomic mass is 32.2. The van der Waals surface area contributed by atoms with Gasteiger partial charge in [0.2, 0.25) is 5.88 Å². The summed E-state index contributed by atoms with van der Waals surface area (Å²) in [5, 5.41) is 6.11. The van der Waals surface area contributed by atoms with Crippen molar-refractivity contribution in [2.45, 2.75) is 29.2 Å². The van der Waals surface area contributed by atoms with E-state index in [1.807, 2.05) is 24.1 Å². The number of hydrogen-bond donors (Lipinski definition) is 2. The van der Waals surface area contributed by atoms with E-state index in [0.29, 0.717) is 23.7 Å². The van der Waals surface area contributed by atoms with Gasteiger partial charge in [-0.05, 0) is 57.0 Å². The van der Waals surface area contributed by atoms with E-state index in [4.69, 9.17) is 4.74 Å². The van der Waals surface area contributed by atoms with Crippen LogP contribution >= 0.6 is 19.7 Å². The first-order valence-corrected chi connectivity index (χ1v) is 14.9. The summed E-state index contributed by atoms with van der Waals surface area (Å²) in [5.41, 5.74) is -2.25. The molecule has 2 N–H and O–H groups in total. The minimum atomic E-state index is -4.54. The average molecular weight is 569 g/mol. The molecule has 2 atom stereocenters. The van der Waals surface area contributed by atoms with Gasteiger partial charge in [0.25, 0.3) is 0 Å². The molecule has 2 unspecified atom stereocenters. The zero-order valence-corrected chi connectivity index (χ0v) is 23.1. The molecule has 0 bridgehead atoms. The molecule has 0 radical (unpaired) electrons. The fourth-order valence-electron chi connectivity index (χ4n) is 4.10. The molecule has 4 rings (SSSR count). The number of thioether (sulfide) groups is 1. The maximum atomic E-state index is 14.6. The van der Waals surface area contributed by atoms with Crippen LogP contribution in [0.3, 0.4) is 0 Å². The summed E-state index contributed by atoms with van der Waals surface area (Å²) in [4.78, 5) is 10.8. The number of nitrogens with one attached hydrogen (secondary N) is 2. The maximum Gasteiger partial charge on any atom is 0.447 e. The molecule has 0 spiro atoms. The lowest BCUT2D eigenvalue weighted by atomic mass is 10.0. The van der Waals surface area contributed by atoms with Crippen LogP contribution in [0.4, 0.5) is 28.9 Å². The molecule has 0 aliphatic carbocycles. The normalized spacial score (nSPS) is 18.3. The van der Waals surface area contributed by atoms with E-state index < -0.39 is 25.6 Å². The number of piperidine rings is 1. The van der Waals surface area contributed by atoms with Crippen molar-refractivity contribution in [1.29, 1.82) is 0 Å². The number of rotatable bonds is 7. The molecule has 3 aromatic rings. The van der Waals surface area contributed by atoms with Gasteiger partial charge in [-0.25, -0.2) is 14.4 Å². The van der Waals surface area contributed by atoms with Crippen LogP contribution in [0.5, 0.6) is 5.88 Å². The van der Waals surface area contributed by atoms with E-state index in [1.54, 1.807) is 12.1 Å². The molecule has 13 heteroatoms. The van der Waals surface area contributed by atoms with Crippen molar-refractivity contribution in [2.24, 2.45) is 0 Å². The van der Waals surface area contributed by atoms with Crippen molar-refractivity contribution in [3.8, 4) is 17.7 Å². The van der Waals surface area contributed by atoms with Crippen molar-refractivity contribution >= 4 is 42.1 Å². The third-order valence-corrected chi connectivity index (χ3v) is 7.96. The summed E-state index contributed by atoms with van der Waals surface area (Å²) in [6, 6.07) is 6.60. The Morgan fingerprint density at radius 3 is 2.68 bits per heavy atom. The Balaban J connectivity index is 1.60. The quantitative estimate of drug-likeness (QED) is 0.187. The summed E-state index contributed by atoms with van der Waals surface area (Å²) in [5.74, 6) is 6.06. The SMILES string of the molecule is COc1nc(P(C)C)ccc1NCC#Cc1nc2c(NC3CCN(C)CC3F)cccn2c1SC(F)(F)F. The zero-order chi connectivity index (χ0) is 27.4. The van der Waals surface area contributed by atoms with Crippen molar-refractivity contribution in [3.05, 3.63) is 36.2 Å². The second-order valence-corrected chi connectivity index (χ2v) is 12.3. The highest BCUT2D eigenvalue weighted by molar-refractivity contribution is 8.00. The van der Waals surface area contributed by atoms with Gasteiger partial charge >= 0.3 is 5.51 Å². The number of aromatic nitrogens is 3. The van der Waals surface area contributed by atoms with E-state index in [1.165, 1.54) is 17.7 Å². The summed E-state index contributed by atoms with van der Waals surface area (Å²) in [6.07, 6.45) is 0.959. The van der Waals surface area contributed by atoms with Crippen molar-refractivity contribution in [2.75, 3.05) is 57.8 Å². The summed E-state index contributed by atoms with van der Waals surface area (Å²) in [6.45, 7) is 5.32. The van der Waals surface area contributed by atoms with Gasteiger partial charge in [-0.1, -0.05) is 13.8 Å². The van der Waals surface area contributed by atoms with Crippen molar-refractivity contribution in [3.63, 3.8) is 0 Å². The van der Waals surface area contributed by atoms with Crippen LogP contribution < -0.4 is 20.8 Å². The van der Waals surface area contributed by atoms with Crippen molar-refractivity contribution < 1.29 is 22.3 Å². The fraction of sp³-hybridized carbons (Fsp3) is 0.440. The maximum absolute atomic E-state index is 14.6. The molecule has 0 amide bonds. The molecule has 3 aromatic heterocycles. The zero-order valence-electron chi connectivity index (χ0n) is 21.4. The van der Waals surface area contributed by atoms with Crippen LogP contribution in [0.1, 0.15) is 12.1 Å². The predicted molar refractivity (Wildman–Crippen MR) is 146 cm³/mol. The monoisotopic (exact) mass is 568 g/mol.